The fraction of sp³-hybridized carbons (Fsp3) is 0.773. The highest BCUT2D eigenvalue weighted by atomic mass is 16.6. The van der Waals surface area contributed by atoms with Gasteiger partial charge in [0.1, 0.15) is 6.04 Å². The molecule has 0 saturated carbocycles. The summed E-state index contributed by atoms with van der Waals surface area (Å²) >= 11 is 0. The van der Waals surface area contributed by atoms with Crippen LogP contribution in [0.2, 0.25) is 0 Å². The first-order valence-electron chi connectivity index (χ1n) is 22.9. The van der Waals surface area contributed by atoms with Gasteiger partial charge in [0.2, 0.25) is 11.8 Å². The largest absolute Gasteiger partial charge is 0.382 e. The number of fused-ring (bicyclic) bond motifs is 1. The number of hydrogen-bond donors (Lipinski definition) is 3. The van der Waals surface area contributed by atoms with Crippen molar-refractivity contribution in [2.45, 2.75) is 37.8 Å². The number of nitrogens with zero attached hydrogens (tertiary/aromatic N) is 1. The number of carbonyl (C=O) groups is 4. The molecule has 370 valence electrons. The average molecular weight is 929 g/mol. The van der Waals surface area contributed by atoms with Crippen LogP contribution in [0.1, 0.15) is 46.4 Å². The van der Waals surface area contributed by atoms with Crippen LogP contribution in [-0.2, 0) is 71.2 Å². The van der Waals surface area contributed by atoms with E-state index in [1.165, 1.54) is 0 Å². The third kappa shape index (κ3) is 23.3. The molecule has 0 bridgehead atoms. The molecule has 1 atom stereocenters. The third-order valence-electron chi connectivity index (χ3n) is 9.99. The molecule has 21 heteroatoms. The zero-order chi connectivity index (χ0) is 45.8. The van der Waals surface area contributed by atoms with Crippen molar-refractivity contribution in [3.8, 4) is 0 Å². The van der Waals surface area contributed by atoms with Crippen LogP contribution in [0.15, 0.2) is 18.2 Å². The number of benzene rings is 1. The minimum Gasteiger partial charge on any atom is -0.382 e. The van der Waals surface area contributed by atoms with Gasteiger partial charge in [-0.1, -0.05) is 6.07 Å². The molecule has 0 aromatic heterocycles. The SMILES string of the molecule is O=C1CCC(N2C(=O)c3cccc(NCCOCCOCCOCCOCCOCCOCCOCCOCCOCCOCCOCCOCCOC4CCNCC4)c3C2=O)C(=O)N1. The number of piperidine rings is 2. The van der Waals surface area contributed by atoms with Gasteiger partial charge in [-0.25, -0.2) is 0 Å². The molecule has 3 aliphatic heterocycles. The van der Waals surface area contributed by atoms with Gasteiger partial charge < -0.3 is 72.2 Å². The Bertz CT molecular complexity index is 1460. The molecule has 1 aromatic rings. The van der Waals surface area contributed by atoms with E-state index in [4.69, 9.17) is 61.6 Å². The van der Waals surface area contributed by atoms with E-state index >= 15 is 0 Å². The molecule has 1 aromatic carbocycles. The van der Waals surface area contributed by atoms with E-state index in [1.54, 1.807) is 18.2 Å². The molecule has 4 amide bonds. The maximum absolute atomic E-state index is 13.2. The highest BCUT2D eigenvalue weighted by molar-refractivity contribution is 6.25. The highest BCUT2D eigenvalue weighted by Gasteiger charge is 2.45. The number of nitrogens with one attached hydrogen (secondary N) is 3. The molecule has 1 unspecified atom stereocenters. The average Bonchev–Trinajstić information content (AvgIpc) is 3.57. The first-order valence-corrected chi connectivity index (χ1v) is 22.9. The lowest BCUT2D eigenvalue weighted by atomic mass is 10.0. The van der Waals surface area contributed by atoms with Gasteiger partial charge in [0.15, 0.2) is 0 Å². The zero-order valence-electron chi connectivity index (χ0n) is 37.9. The van der Waals surface area contributed by atoms with E-state index in [9.17, 15) is 19.2 Å². The fourth-order valence-corrected chi connectivity index (χ4v) is 6.68. The molecular formula is C44H72N4O17. The van der Waals surface area contributed by atoms with E-state index < -0.39 is 29.7 Å². The van der Waals surface area contributed by atoms with Crippen LogP contribution in [0.5, 0.6) is 0 Å². The first-order chi connectivity index (χ1) is 32.1. The molecule has 2 saturated heterocycles. The lowest BCUT2D eigenvalue weighted by Gasteiger charge is -2.27. The van der Waals surface area contributed by atoms with Gasteiger partial charge in [-0.2, -0.15) is 0 Å². The van der Waals surface area contributed by atoms with Gasteiger partial charge in [0, 0.05) is 18.7 Å². The Labute approximate surface area is 382 Å². The van der Waals surface area contributed by atoms with E-state index in [2.05, 4.69) is 16.0 Å². The number of carbonyl (C=O) groups excluding carboxylic acids is 4. The number of imide groups is 2. The number of ether oxygens (including phenoxy) is 13. The summed E-state index contributed by atoms with van der Waals surface area (Å²) in [6.45, 7) is 14.4. The van der Waals surface area contributed by atoms with Crippen molar-refractivity contribution >= 4 is 29.3 Å². The van der Waals surface area contributed by atoms with Crippen molar-refractivity contribution in [1.29, 1.82) is 0 Å². The Morgan fingerprint density at radius 2 is 0.892 bits per heavy atom. The lowest BCUT2D eigenvalue weighted by Crippen LogP contribution is -2.54. The predicted molar refractivity (Wildman–Crippen MR) is 233 cm³/mol. The summed E-state index contributed by atoms with van der Waals surface area (Å²) < 4.78 is 72.1. The van der Waals surface area contributed by atoms with Crippen LogP contribution in [0, 0.1) is 0 Å². The maximum Gasteiger partial charge on any atom is 0.264 e. The number of amides is 4. The van der Waals surface area contributed by atoms with Crippen LogP contribution < -0.4 is 16.0 Å². The van der Waals surface area contributed by atoms with E-state index in [0.717, 1.165) is 30.8 Å². The molecule has 0 radical (unpaired) electrons. The fourth-order valence-electron chi connectivity index (χ4n) is 6.68. The highest BCUT2D eigenvalue weighted by Crippen LogP contribution is 2.32. The van der Waals surface area contributed by atoms with Gasteiger partial charge in [0.25, 0.3) is 11.8 Å². The summed E-state index contributed by atoms with van der Waals surface area (Å²) in [5, 5.41) is 8.66. The molecule has 3 N–H and O–H groups in total. The van der Waals surface area contributed by atoms with Crippen LogP contribution in [-0.4, -0.2) is 225 Å². The second-order valence-electron chi connectivity index (χ2n) is 14.8. The Kier molecular flexibility index (Phi) is 30.0. The topological polar surface area (TPSA) is 228 Å². The van der Waals surface area contributed by atoms with E-state index in [1.807, 2.05) is 0 Å². The summed E-state index contributed by atoms with van der Waals surface area (Å²) in [6.07, 6.45) is 2.66. The molecular weight excluding hydrogens is 856 g/mol. The van der Waals surface area contributed by atoms with Crippen LogP contribution >= 0.6 is 0 Å². The molecule has 3 aliphatic rings. The Balaban J connectivity index is 0.782. The third-order valence-corrected chi connectivity index (χ3v) is 9.99. The molecule has 65 heavy (non-hydrogen) atoms. The summed E-state index contributed by atoms with van der Waals surface area (Å²) in [6, 6.07) is 3.90. The van der Waals surface area contributed by atoms with Gasteiger partial charge in [-0.3, -0.25) is 29.4 Å². The Hall–Kier alpha value is -3.26. The normalized spacial score (nSPS) is 16.7. The number of anilines is 1. The maximum atomic E-state index is 13.2. The summed E-state index contributed by atoms with van der Waals surface area (Å²) in [4.78, 5) is 50.9. The molecule has 0 spiro atoms. The van der Waals surface area contributed by atoms with Crippen molar-refractivity contribution in [3.63, 3.8) is 0 Å². The molecule has 3 heterocycles. The van der Waals surface area contributed by atoms with Gasteiger partial charge in [-0.05, 0) is 44.5 Å². The van der Waals surface area contributed by atoms with E-state index in [0.29, 0.717) is 184 Å². The van der Waals surface area contributed by atoms with Crippen LogP contribution in [0.3, 0.4) is 0 Å². The molecule has 4 rings (SSSR count). The minimum absolute atomic E-state index is 0.0638. The van der Waals surface area contributed by atoms with Gasteiger partial charge in [0.05, 0.1) is 182 Å². The van der Waals surface area contributed by atoms with Crippen molar-refractivity contribution < 1.29 is 80.8 Å². The van der Waals surface area contributed by atoms with Crippen LogP contribution in [0.25, 0.3) is 0 Å². The first kappa shape index (κ1) is 54.3. The number of rotatable bonds is 42. The summed E-state index contributed by atoms with van der Waals surface area (Å²) in [7, 11) is 0. The molecule has 0 aliphatic carbocycles. The predicted octanol–water partition coefficient (Wildman–Crippen LogP) is 0.468. The molecule has 2 fully saturated rings. The standard InChI is InChI=1S/C44H72N4O17/c49-40-5-4-39(42(50)47-40)48-43(51)37-2-1-3-38(41(37)44(48)52)46-10-11-53-12-13-54-14-15-55-16-17-56-18-19-57-20-21-58-22-23-59-24-25-60-26-27-61-28-29-62-30-31-63-32-33-64-34-35-65-36-6-8-45-9-7-36/h1-3,36,39,45-46H,4-35H2,(H,47,49,50). The van der Waals surface area contributed by atoms with Crippen LogP contribution in [0.4, 0.5) is 5.69 Å². The summed E-state index contributed by atoms with van der Waals surface area (Å²) in [5.74, 6) is -2.17. The van der Waals surface area contributed by atoms with E-state index in [-0.39, 0.29) is 24.0 Å². The quantitative estimate of drug-likeness (QED) is 0.0598. The molecule has 21 nitrogen and oxygen atoms in total. The lowest BCUT2D eigenvalue weighted by molar-refractivity contribution is -0.136. The Morgan fingerprint density at radius 1 is 0.492 bits per heavy atom. The van der Waals surface area contributed by atoms with Crippen molar-refractivity contribution in [2.24, 2.45) is 0 Å². The second kappa shape index (κ2) is 35.9. The number of hydrogen-bond acceptors (Lipinski definition) is 19. The van der Waals surface area contributed by atoms with Crippen molar-refractivity contribution in [3.05, 3.63) is 29.3 Å². The summed E-state index contributed by atoms with van der Waals surface area (Å²) in [5.41, 5.74) is 0.903. The second-order valence-corrected chi connectivity index (χ2v) is 14.8. The monoisotopic (exact) mass is 928 g/mol. The van der Waals surface area contributed by atoms with Crippen molar-refractivity contribution in [1.82, 2.24) is 15.5 Å². The minimum atomic E-state index is -1.01. The Morgan fingerprint density at radius 3 is 1.31 bits per heavy atom. The van der Waals surface area contributed by atoms with Gasteiger partial charge >= 0.3 is 0 Å². The smallest absolute Gasteiger partial charge is 0.264 e. The van der Waals surface area contributed by atoms with Gasteiger partial charge in [-0.15, -0.1) is 0 Å². The van der Waals surface area contributed by atoms with Crippen molar-refractivity contribution in [2.75, 3.05) is 190 Å². The zero-order valence-corrected chi connectivity index (χ0v) is 37.9.